The zero-order valence-corrected chi connectivity index (χ0v) is 13.9. The highest BCUT2D eigenvalue weighted by molar-refractivity contribution is 6.05. The monoisotopic (exact) mass is 336 g/mol. The Kier molecular flexibility index (Phi) is 3.36. The van der Waals surface area contributed by atoms with E-state index in [1.165, 1.54) is 0 Å². The summed E-state index contributed by atoms with van der Waals surface area (Å²) in [5, 5.41) is 4.14. The van der Waals surface area contributed by atoms with Crippen LogP contribution < -0.4 is 10.2 Å². The van der Waals surface area contributed by atoms with Crippen molar-refractivity contribution in [1.82, 2.24) is 15.3 Å². The topological polar surface area (TPSA) is 71.3 Å². The molecule has 2 fully saturated rings. The number of rotatable bonds is 3. The van der Waals surface area contributed by atoms with Crippen molar-refractivity contribution in [1.29, 1.82) is 0 Å². The third-order valence-corrected chi connectivity index (χ3v) is 5.23. The molecule has 0 bridgehead atoms. The van der Waals surface area contributed by atoms with Crippen molar-refractivity contribution < 1.29 is 9.21 Å². The molecule has 6 nitrogen and oxygen atoms in total. The van der Waals surface area contributed by atoms with E-state index in [1.54, 1.807) is 6.33 Å². The molecule has 0 atom stereocenters. The van der Waals surface area contributed by atoms with Gasteiger partial charge in [0.25, 0.3) is 0 Å². The molecule has 1 aliphatic carbocycles. The van der Waals surface area contributed by atoms with Crippen LogP contribution in [0.5, 0.6) is 0 Å². The van der Waals surface area contributed by atoms with Crippen molar-refractivity contribution >= 4 is 33.8 Å². The van der Waals surface area contributed by atoms with Gasteiger partial charge in [-0.1, -0.05) is 12.1 Å². The van der Waals surface area contributed by atoms with E-state index in [4.69, 9.17) is 4.42 Å². The van der Waals surface area contributed by atoms with Crippen molar-refractivity contribution in [2.75, 3.05) is 18.0 Å². The van der Waals surface area contributed by atoms with Crippen molar-refractivity contribution in [3.05, 3.63) is 30.6 Å². The second-order valence-corrected chi connectivity index (χ2v) is 7.02. The number of hydrogen-bond acceptors (Lipinski definition) is 5. The van der Waals surface area contributed by atoms with Crippen LogP contribution in [0, 0.1) is 5.92 Å². The number of carbonyl (C=O) groups excluding carboxylic acids is 1. The van der Waals surface area contributed by atoms with Crippen LogP contribution in [0.2, 0.25) is 0 Å². The van der Waals surface area contributed by atoms with Gasteiger partial charge in [-0.25, -0.2) is 9.97 Å². The third-order valence-electron chi connectivity index (χ3n) is 5.23. The lowest BCUT2D eigenvalue weighted by molar-refractivity contribution is -0.125. The van der Waals surface area contributed by atoms with Gasteiger partial charge in [0.1, 0.15) is 17.4 Å². The number of furan rings is 1. The van der Waals surface area contributed by atoms with Crippen molar-refractivity contribution in [3.8, 4) is 0 Å². The Morgan fingerprint density at radius 1 is 1.12 bits per heavy atom. The third kappa shape index (κ3) is 2.62. The summed E-state index contributed by atoms with van der Waals surface area (Å²) >= 11 is 0. The summed E-state index contributed by atoms with van der Waals surface area (Å²) in [6.07, 6.45) is 5.57. The van der Waals surface area contributed by atoms with Gasteiger partial charge in [-0.2, -0.15) is 0 Å². The minimum absolute atomic E-state index is 0.116. The molecule has 25 heavy (non-hydrogen) atoms. The summed E-state index contributed by atoms with van der Waals surface area (Å²) in [5.74, 6) is 1.17. The fourth-order valence-electron chi connectivity index (χ4n) is 3.64. The molecule has 2 aliphatic rings. The Balaban J connectivity index is 1.39. The van der Waals surface area contributed by atoms with Crippen LogP contribution in [0.4, 0.5) is 5.82 Å². The normalized spacial score (nSPS) is 18.8. The number of amides is 1. The molecule has 1 amide bonds. The van der Waals surface area contributed by atoms with Gasteiger partial charge in [0, 0.05) is 30.4 Å². The van der Waals surface area contributed by atoms with Gasteiger partial charge >= 0.3 is 0 Å². The predicted octanol–water partition coefficient (Wildman–Crippen LogP) is 2.87. The SMILES string of the molecule is O=C(NC1CC1)C1CCN(c2ncnc3c2oc2ccccc23)CC1. The quantitative estimate of drug-likeness (QED) is 0.796. The fraction of sp³-hybridized carbons (Fsp3) is 0.421. The molecule has 5 rings (SSSR count). The summed E-state index contributed by atoms with van der Waals surface area (Å²) in [6.45, 7) is 1.62. The number of anilines is 1. The average molecular weight is 336 g/mol. The van der Waals surface area contributed by atoms with Gasteiger partial charge < -0.3 is 14.6 Å². The molecule has 0 spiro atoms. The maximum Gasteiger partial charge on any atom is 0.223 e. The molecule has 128 valence electrons. The molecule has 3 aromatic rings. The molecule has 0 unspecified atom stereocenters. The summed E-state index contributed by atoms with van der Waals surface area (Å²) in [6, 6.07) is 8.36. The van der Waals surface area contributed by atoms with E-state index in [-0.39, 0.29) is 11.8 Å². The highest BCUT2D eigenvalue weighted by Gasteiger charge is 2.31. The number of aromatic nitrogens is 2. The summed E-state index contributed by atoms with van der Waals surface area (Å²) in [5.41, 5.74) is 2.43. The van der Waals surface area contributed by atoms with Gasteiger partial charge in [0.15, 0.2) is 11.4 Å². The van der Waals surface area contributed by atoms with Crippen LogP contribution in [0.1, 0.15) is 25.7 Å². The number of benzene rings is 1. The van der Waals surface area contributed by atoms with Crippen molar-refractivity contribution in [3.63, 3.8) is 0 Å². The molecule has 1 aliphatic heterocycles. The highest BCUT2D eigenvalue weighted by Crippen LogP contribution is 2.33. The van der Waals surface area contributed by atoms with Crippen LogP contribution in [0.25, 0.3) is 22.1 Å². The van der Waals surface area contributed by atoms with Gasteiger partial charge in [-0.15, -0.1) is 0 Å². The van der Waals surface area contributed by atoms with Crippen LogP contribution in [0.15, 0.2) is 35.0 Å². The molecule has 0 radical (unpaired) electrons. The summed E-state index contributed by atoms with van der Waals surface area (Å²) in [7, 11) is 0. The minimum atomic E-state index is 0.116. The van der Waals surface area contributed by atoms with Gasteiger partial charge in [0.05, 0.1) is 0 Å². The molecule has 6 heteroatoms. The Morgan fingerprint density at radius 3 is 2.72 bits per heavy atom. The molecule has 1 saturated carbocycles. The molecule has 1 saturated heterocycles. The predicted molar refractivity (Wildman–Crippen MR) is 95.4 cm³/mol. The average Bonchev–Trinajstić information content (AvgIpc) is 3.39. The van der Waals surface area contributed by atoms with Crippen molar-refractivity contribution in [2.24, 2.45) is 5.92 Å². The highest BCUT2D eigenvalue weighted by atomic mass is 16.3. The Labute approximate surface area is 145 Å². The first-order chi connectivity index (χ1) is 12.3. The Morgan fingerprint density at radius 2 is 1.92 bits per heavy atom. The van der Waals surface area contributed by atoms with E-state index < -0.39 is 0 Å². The van der Waals surface area contributed by atoms with Gasteiger partial charge in [-0.3, -0.25) is 4.79 Å². The van der Waals surface area contributed by atoms with E-state index in [9.17, 15) is 4.79 Å². The second-order valence-electron chi connectivity index (χ2n) is 7.02. The zero-order valence-electron chi connectivity index (χ0n) is 13.9. The van der Waals surface area contributed by atoms with E-state index in [0.29, 0.717) is 6.04 Å². The maximum absolute atomic E-state index is 12.2. The smallest absolute Gasteiger partial charge is 0.223 e. The number of nitrogens with one attached hydrogen (secondary N) is 1. The molecule has 1 N–H and O–H groups in total. The van der Waals surface area contributed by atoms with E-state index in [1.807, 2.05) is 24.3 Å². The second kappa shape index (κ2) is 5.72. The van der Waals surface area contributed by atoms with Crippen LogP contribution in [0.3, 0.4) is 0 Å². The Hall–Kier alpha value is -2.63. The first-order valence-electron chi connectivity index (χ1n) is 8.97. The number of para-hydroxylation sites is 1. The fourth-order valence-corrected chi connectivity index (χ4v) is 3.64. The molecule has 2 aromatic heterocycles. The lowest BCUT2D eigenvalue weighted by Crippen LogP contribution is -2.41. The van der Waals surface area contributed by atoms with E-state index in [2.05, 4.69) is 20.2 Å². The lowest BCUT2D eigenvalue weighted by Gasteiger charge is -2.31. The largest absolute Gasteiger partial charge is 0.450 e. The van der Waals surface area contributed by atoms with Crippen LogP contribution in [-0.2, 0) is 4.79 Å². The number of nitrogens with zero attached hydrogens (tertiary/aromatic N) is 3. The molecule has 1 aromatic carbocycles. The van der Waals surface area contributed by atoms with Crippen LogP contribution in [-0.4, -0.2) is 35.0 Å². The number of fused-ring (bicyclic) bond motifs is 3. The number of piperidine rings is 1. The Bertz CT molecular complexity index is 939. The minimum Gasteiger partial charge on any atom is -0.450 e. The number of carbonyl (C=O) groups is 1. The summed E-state index contributed by atoms with van der Waals surface area (Å²) in [4.78, 5) is 23.3. The first kappa shape index (κ1) is 14.7. The maximum atomic E-state index is 12.2. The van der Waals surface area contributed by atoms with Gasteiger partial charge in [0.2, 0.25) is 5.91 Å². The van der Waals surface area contributed by atoms with Gasteiger partial charge in [-0.05, 0) is 37.8 Å². The standard InChI is InChI=1S/C19H20N4O2/c24-19(22-13-5-6-13)12-7-9-23(10-8-12)18-17-16(20-11-21-18)14-3-1-2-4-15(14)25-17/h1-4,11-13H,5-10H2,(H,22,24). The first-order valence-corrected chi connectivity index (χ1v) is 8.97. The van der Waals surface area contributed by atoms with Crippen LogP contribution >= 0.6 is 0 Å². The van der Waals surface area contributed by atoms with Crippen molar-refractivity contribution in [2.45, 2.75) is 31.7 Å². The lowest BCUT2D eigenvalue weighted by atomic mass is 9.96. The molecular weight excluding hydrogens is 316 g/mol. The summed E-state index contributed by atoms with van der Waals surface area (Å²) < 4.78 is 6.03. The van der Waals surface area contributed by atoms with E-state index in [0.717, 1.165) is 66.7 Å². The molecule has 3 heterocycles. The van der Waals surface area contributed by atoms with E-state index >= 15 is 0 Å². The number of hydrogen-bond donors (Lipinski definition) is 1. The molecular formula is C19H20N4O2. The zero-order chi connectivity index (χ0) is 16.8.